The van der Waals surface area contributed by atoms with Gasteiger partial charge in [-0.2, -0.15) is 0 Å². The maximum Gasteiger partial charge on any atom is 0.0914 e. The van der Waals surface area contributed by atoms with E-state index in [0.29, 0.717) is 6.04 Å². The van der Waals surface area contributed by atoms with Gasteiger partial charge in [0.1, 0.15) is 0 Å². The zero-order chi connectivity index (χ0) is 16.3. The van der Waals surface area contributed by atoms with Crippen LogP contribution in [0.25, 0.3) is 0 Å². The van der Waals surface area contributed by atoms with Gasteiger partial charge in [0.15, 0.2) is 0 Å². The normalized spacial score (nSPS) is 19.4. The van der Waals surface area contributed by atoms with Crippen molar-refractivity contribution in [1.29, 1.82) is 0 Å². The Balaban J connectivity index is 1.89. The molecule has 2 nitrogen and oxygen atoms in total. The molecule has 0 radical (unpaired) electrons. The van der Waals surface area contributed by atoms with Crippen LogP contribution >= 0.6 is 11.6 Å². The number of hydrogen-bond donors (Lipinski definition) is 0. The van der Waals surface area contributed by atoms with Crippen molar-refractivity contribution < 1.29 is 4.48 Å². The van der Waals surface area contributed by atoms with Crippen molar-refractivity contribution in [2.24, 2.45) is 0 Å². The van der Waals surface area contributed by atoms with E-state index in [9.17, 15) is 0 Å². The second kappa shape index (κ2) is 7.04. The maximum absolute atomic E-state index is 6.09. The predicted molar refractivity (Wildman–Crippen MR) is 97.8 cm³/mol. The minimum Gasteiger partial charge on any atom is -0.324 e. The number of halogens is 1. The SMILES string of the molecule is CC[N+]1(C)CCN(C(c2ccccc2)c2ccc(Cl)cc2)CC1. The largest absolute Gasteiger partial charge is 0.324 e. The summed E-state index contributed by atoms with van der Waals surface area (Å²) in [6.07, 6.45) is 0. The molecular weight excluding hydrogens is 304 g/mol. The molecule has 1 aliphatic heterocycles. The van der Waals surface area contributed by atoms with Crippen LogP contribution in [0.15, 0.2) is 54.6 Å². The molecule has 122 valence electrons. The lowest BCUT2D eigenvalue weighted by molar-refractivity contribution is -0.912. The topological polar surface area (TPSA) is 3.24 Å². The summed E-state index contributed by atoms with van der Waals surface area (Å²) in [6, 6.07) is 19.5. The van der Waals surface area contributed by atoms with Crippen LogP contribution < -0.4 is 0 Å². The molecule has 3 heteroatoms. The number of benzene rings is 2. The van der Waals surface area contributed by atoms with Crippen LogP contribution in [-0.2, 0) is 0 Å². The Morgan fingerprint density at radius 3 is 2.09 bits per heavy atom. The summed E-state index contributed by atoms with van der Waals surface area (Å²) in [7, 11) is 2.37. The molecule has 0 amide bonds. The van der Waals surface area contributed by atoms with E-state index in [1.807, 2.05) is 12.1 Å². The van der Waals surface area contributed by atoms with Crippen molar-refractivity contribution in [3.63, 3.8) is 0 Å². The van der Waals surface area contributed by atoms with Crippen LogP contribution in [-0.4, -0.2) is 49.2 Å². The second-order valence-electron chi connectivity index (χ2n) is 6.78. The van der Waals surface area contributed by atoms with Gasteiger partial charge < -0.3 is 4.48 Å². The molecule has 0 N–H and O–H groups in total. The first-order chi connectivity index (χ1) is 11.1. The Labute approximate surface area is 144 Å². The molecule has 1 saturated heterocycles. The molecule has 1 unspecified atom stereocenters. The molecule has 0 aliphatic carbocycles. The third kappa shape index (κ3) is 3.77. The summed E-state index contributed by atoms with van der Waals surface area (Å²) < 4.78 is 1.18. The Hall–Kier alpha value is -1.35. The Bertz CT molecular complexity index is 616. The number of nitrogens with zero attached hydrogens (tertiary/aromatic N) is 2. The van der Waals surface area contributed by atoms with Crippen LogP contribution in [0.4, 0.5) is 0 Å². The summed E-state index contributed by atoms with van der Waals surface area (Å²) in [4.78, 5) is 2.62. The van der Waals surface area contributed by atoms with Crippen molar-refractivity contribution in [3.8, 4) is 0 Å². The maximum atomic E-state index is 6.09. The highest BCUT2D eigenvalue weighted by Gasteiger charge is 2.32. The molecular formula is C20H26ClN2+. The lowest BCUT2D eigenvalue weighted by atomic mass is 9.96. The number of piperazine rings is 1. The summed E-state index contributed by atoms with van der Waals surface area (Å²) >= 11 is 6.09. The van der Waals surface area contributed by atoms with E-state index < -0.39 is 0 Å². The molecule has 2 aromatic carbocycles. The van der Waals surface area contributed by atoms with Gasteiger partial charge in [0.25, 0.3) is 0 Å². The lowest BCUT2D eigenvalue weighted by Gasteiger charge is -2.44. The monoisotopic (exact) mass is 329 g/mol. The van der Waals surface area contributed by atoms with Gasteiger partial charge in [-0.05, 0) is 30.2 Å². The Kier molecular flexibility index (Phi) is 5.05. The summed E-state index contributed by atoms with van der Waals surface area (Å²) in [6.45, 7) is 8.20. The zero-order valence-electron chi connectivity index (χ0n) is 14.1. The quantitative estimate of drug-likeness (QED) is 0.759. The summed E-state index contributed by atoms with van der Waals surface area (Å²) in [5, 5.41) is 0.800. The first-order valence-electron chi connectivity index (χ1n) is 8.49. The zero-order valence-corrected chi connectivity index (χ0v) is 14.8. The highest BCUT2D eigenvalue weighted by molar-refractivity contribution is 6.30. The van der Waals surface area contributed by atoms with Gasteiger partial charge in [0.05, 0.1) is 32.7 Å². The van der Waals surface area contributed by atoms with E-state index in [2.05, 4.69) is 61.3 Å². The number of likely N-dealkylation sites (N-methyl/N-ethyl adjacent to an activating group) is 1. The van der Waals surface area contributed by atoms with Crippen molar-refractivity contribution in [2.45, 2.75) is 13.0 Å². The first-order valence-corrected chi connectivity index (χ1v) is 8.87. The van der Waals surface area contributed by atoms with Crippen molar-refractivity contribution in [1.82, 2.24) is 4.90 Å². The average molecular weight is 330 g/mol. The summed E-state index contributed by atoms with van der Waals surface area (Å²) in [5.41, 5.74) is 2.69. The van der Waals surface area contributed by atoms with Crippen LogP contribution in [0, 0.1) is 0 Å². The van der Waals surface area contributed by atoms with Crippen molar-refractivity contribution in [3.05, 3.63) is 70.7 Å². The van der Waals surface area contributed by atoms with Gasteiger partial charge in [-0.25, -0.2) is 0 Å². The molecule has 3 rings (SSSR count). The highest BCUT2D eigenvalue weighted by Crippen LogP contribution is 2.31. The molecule has 1 fully saturated rings. The van der Waals surface area contributed by atoms with E-state index in [1.54, 1.807) is 0 Å². The molecule has 23 heavy (non-hydrogen) atoms. The van der Waals surface area contributed by atoms with E-state index in [-0.39, 0.29) is 0 Å². The van der Waals surface area contributed by atoms with E-state index in [4.69, 9.17) is 11.6 Å². The standard InChI is InChI=1S/C20H26ClN2/c1-3-23(2)15-13-22(14-16-23)20(17-7-5-4-6-8-17)18-9-11-19(21)12-10-18/h4-12,20H,3,13-16H2,1-2H3/q+1. The first kappa shape index (κ1) is 16.5. The minimum atomic E-state index is 0.319. The van der Waals surface area contributed by atoms with Crippen molar-refractivity contribution in [2.75, 3.05) is 39.8 Å². The fraction of sp³-hybridized carbons (Fsp3) is 0.400. The Morgan fingerprint density at radius 1 is 0.957 bits per heavy atom. The second-order valence-corrected chi connectivity index (χ2v) is 7.22. The molecule has 0 saturated carbocycles. The molecule has 0 spiro atoms. The third-order valence-corrected chi connectivity index (χ3v) is 5.54. The number of rotatable bonds is 4. The minimum absolute atomic E-state index is 0.319. The van der Waals surface area contributed by atoms with Crippen LogP contribution in [0.5, 0.6) is 0 Å². The number of quaternary nitrogens is 1. The fourth-order valence-electron chi connectivity index (χ4n) is 3.43. The molecule has 0 aromatic heterocycles. The lowest BCUT2D eigenvalue weighted by Crippen LogP contribution is -2.57. The molecule has 0 bridgehead atoms. The average Bonchev–Trinajstić information content (AvgIpc) is 2.60. The Morgan fingerprint density at radius 2 is 1.52 bits per heavy atom. The molecule has 1 atom stereocenters. The van der Waals surface area contributed by atoms with Gasteiger partial charge in [0.2, 0.25) is 0 Å². The van der Waals surface area contributed by atoms with Gasteiger partial charge in [0, 0.05) is 18.1 Å². The third-order valence-electron chi connectivity index (χ3n) is 5.28. The molecule has 1 aliphatic rings. The van der Waals surface area contributed by atoms with Gasteiger partial charge >= 0.3 is 0 Å². The summed E-state index contributed by atoms with van der Waals surface area (Å²) in [5.74, 6) is 0. The fourth-order valence-corrected chi connectivity index (χ4v) is 3.56. The molecule has 1 heterocycles. The molecule has 2 aromatic rings. The van der Waals surface area contributed by atoms with E-state index in [0.717, 1.165) is 18.1 Å². The predicted octanol–water partition coefficient (Wildman–Crippen LogP) is 4.21. The van der Waals surface area contributed by atoms with Crippen LogP contribution in [0.2, 0.25) is 5.02 Å². The van der Waals surface area contributed by atoms with Gasteiger partial charge in [-0.15, -0.1) is 0 Å². The van der Waals surface area contributed by atoms with Crippen molar-refractivity contribution >= 4 is 11.6 Å². The van der Waals surface area contributed by atoms with Crippen LogP contribution in [0.3, 0.4) is 0 Å². The van der Waals surface area contributed by atoms with E-state index in [1.165, 1.54) is 35.2 Å². The van der Waals surface area contributed by atoms with Gasteiger partial charge in [-0.3, -0.25) is 4.90 Å². The number of hydrogen-bond acceptors (Lipinski definition) is 1. The highest BCUT2D eigenvalue weighted by atomic mass is 35.5. The van der Waals surface area contributed by atoms with E-state index >= 15 is 0 Å². The van der Waals surface area contributed by atoms with Crippen LogP contribution in [0.1, 0.15) is 24.1 Å². The smallest absolute Gasteiger partial charge is 0.0914 e. The van der Waals surface area contributed by atoms with Gasteiger partial charge in [-0.1, -0.05) is 54.1 Å².